The minimum Gasteiger partial charge on any atom is -0.475 e. The smallest absolute Gasteiger partial charge is 0.475 e. The third-order valence-electron chi connectivity index (χ3n) is 5.32. The second kappa shape index (κ2) is 11.8. The molecule has 3 heterocycles. The molecule has 4 rings (SSSR count). The van der Waals surface area contributed by atoms with Gasteiger partial charge >= 0.3 is 17.8 Å². The largest absolute Gasteiger partial charge is 0.490 e. The number of nitrogens with zero attached hydrogens (tertiary/aromatic N) is 6. The van der Waals surface area contributed by atoms with Crippen molar-refractivity contribution < 1.29 is 23.1 Å². The molecule has 10 nitrogen and oxygen atoms in total. The maximum atomic E-state index is 13.4. The molecule has 1 saturated heterocycles. The zero-order valence-electron chi connectivity index (χ0n) is 19.5. The highest BCUT2D eigenvalue weighted by molar-refractivity contribution is 6.28. The van der Waals surface area contributed by atoms with E-state index < -0.39 is 12.1 Å². The summed E-state index contributed by atoms with van der Waals surface area (Å²) in [7, 11) is 0. The molecule has 0 amide bonds. The summed E-state index contributed by atoms with van der Waals surface area (Å²) in [4.78, 5) is 36.8. The third-order valence-corrected chi connectivity index (χ3v) is 5.49. The lowest BCUT2D eigenvalue weighted by atomic mass is 10.2. The highest BCUT2D eigenvalue weighted by Gasteiger charge is 2.38. The summed E-state index contributed by atoms with van der Waals surface area (Å²) >= 11 is 6.28. The van der Waals surface area contributed by atoms with Crippen LogP contribution in [-0.2, 0) is 17.9 Å². The van der Waals surface area contributed by atoms with Gasteiger partial charge in [0.1, 0.15) is 5.52 Å². The van der Waals surface area contributed by atoms with Gasteiger partial charge in [-0.1, -0.05) is 30.2 Å². The van der Waals surface area contributed by atoms with Crippen LogP contribution in [0.1, 0.15) is 12.5 Å². The van der Waals surface area contributed by atoms with E-state index in [1.807, 2.05) is 12.1 Å². The molecule has 3 aromatic rings. The normalized spacial score (nSPS) is 13.2. The Balaban J connectivity index is 0.000000479. The van der Waals surface area contributed by atoms with Gasteiger partial charge in [0.2, 0.25) is 5.28 Å². The van der Waals surface area contributed by atoms with Crippen LogP contribution in [0.4, 0.5) is 24.7 Å². The predicted molar refractivity (Wildman–Crippen MR) is 131 cm³/mol. The number of benzene rings is 1. The number of imidazole rings is 1. The Kier molecular flexibility index (Phi) is 8.76. The molecule has 194 valence electrons. The van der Waals surface area contributed by atoms with Gasteiger partial charge in [0.05, 0.1) is 13.1 Å². The van der Waals surface area contributed by atoms with Crippen LogP contribution >= 0.6 is 11.6 Å². The van der Waals surface area contributed by atoms with Crippen LogP contribution in [0.3, 0.4) is 0 Å². The topological polar surface area (TPSA) is 110 Å². The molecular weight excluding hydrogens is 515 g/mol. The minimum atomic E-state index is -5.08. The number of rotatable bonds is 4. The molecule has 1 fully saturated rings. The van der Waals surface area contributed by atoms with Gasteiger partial charge in [-0.05, 0) is 24.1 Å². The van der Waals surface area contributed by atoms with E-state index in [1.54, 1.807) is 28.2 Å². The lowest BCUT2D eigenvalue weighted by Crippen LogP contribution is -2.44. The Morgan fingerprint density at radius 1 is 1.24 bits per heavy atom. The average Bonchev–Trinajstić information content (AvgIpc) is 3.13. The highest BCUT2D eigenvalue weighted by Crippen LogP contribution is 2.27. The number of para-hydroxylation sites is 1. The molecule has 1 aromatic carbocycles. The number of aliphatic carboxylic acids is 1. The molecule has 37 heavy (non-hydrogen) atoms. The van der Waals surface area contributed by atoms with Crippen molar-refractivity contribution in [3.05, 3.63) is 57.0 Å². The molecule has 1 aliphatic rings. The first-order valence-corrected chi connectivity index (χ1v) is 11.2. The van der Waals surface area contributed by atoms with Crippen molar-refractivity contribution in [3.63, 3.8) is 0 Å². The van der Waals surface area contributed by atoms with Gasteiger partial charge in [0.15, 0.2) is 17.2 Å². The van der Waals surface area contributed by atoms with Gasteiger partial charge in [0.25, 0.3) is 0 Å². The SMILES string of the molecule is O=C(O)C(F)(F)F.[C-]#[N+]c1ccccc1Cn1c(=O)n(CC#CC)c2c(N3CCNCC3)nc(Cl)nc21. The number of anilines is 1. The lowest BCUT2D eigenvalue weighted by molar-refractivity contribution is -0.192. The molecule has 0 saturated carbocycles. The van der Waals surface area contributed by atoms with Crippen LogP contribution in [0.2, 0.25) is 5.28 Å². The highest BCUT2D eigenvalue weighted by atomic mass is 35.5. The van der Waals surface area contributed by atoms with Gasteiger partial charge in [-0.3, -0.25) is 9.13 Å². The fourth-order valence-electron chi connectivity index (χ4n) is 3.64. The molecular formula is C23H21ClF3N7O3. The molecule has 2 N–H and O–H groups in total. The number of aromatic nitrogens is 4. The van der Waals surface area contributed by atoms with Crippen LogP contribution in [0, 0.1) is 18.4 Å². The number of nitrogens with one attached hydrogen (secondary N) is 1. The average molecular weight is 536 g/mol. The molecule has 0 atom stereocenters. The van der Waals surface area contributed by atoms with E-state index in [9.17, 15) is 18.0 Å². The van der Waals surface area contributed by atoms with Gasteiger partial charge in [-0.15, -0.1) is 5.92 Å². The quantitative estimate of drug-likeness (QED) is 0.300. The van der Waals surface area contributed by atoms with Crippen molar-refractivity contribution in [3.8, 4) is 11.8 Å². The number of hydrogen-bond donors (Lipinski definition) is 2. The zero-order chi connectivity index (χ0) is 27.2. The minimum absolute atomic E-state index is 0.0852. The first-order chi connectivity index (χ1) is 17.6. The Bertz CT molecular complexity index is 1460. The van der Waals surface area contributed by atoms with Crippen LogP contribution in [0.5, 0.6) is 0 Å². The first kappa shape index (κ1) is 27.5. The fourth-order valence-corrected chi connectivity index (χ4v) is 3.80. The van der Waals surface area contributed by atoms with Crippen molar-refractivity contribution in [1.29, 1.82) is 0 Å². The van der Waals surface area contributed by atoms with Crippen LogP contribution in [0.15, 0.2) is 29.1 Å². The first-order valence-electron chi connectivity index (χ1n) is 10.9. The van der Waals surface area contributed by atoms with E-state index in [4.69, 9.17) is 28.1 Å². The van der Waals surface area contributed by atoms with E-state index in [2.05, 4.69) is 36.9 Å². The number of carboxylic acids is 1. The summed E-state index contributed by atoms with van der Waals surface area (Å²) in [5.41, 5.74) is 2.07. The molecule has 1 aliphatic heterocycles. The summed E-state index contributed by atoms with van der Waals surface area (Å²) in [6, 6.07) is 7.24. The number of carbonyl (C=O) groups is 1. The van der Waals surface area contributed by atoms with Gasteiger partial charge in [-0.2, -0.15) is 23.1 Å². The predicted octanol–water partition coefficient (Wildman–Crippen LogP) is 2.91. The lowest BCUT2D eigenvalue weighted by Gasteiger charge is -2.28. The Hall–Kier alpha value is -4.07. The van der Waals surface area contributed by atoms with Crippen molar-refractivity contribution in [2.24, 2.45) is 0 Å². The number of alkyl halides is 3. The molecule has 0 bridgehead atoms. The van der Waals surface area contributed by atoms with Gasteiger partial charge in [0, 0.05) is 32.7 Å². The molecule has 0 unspecified atom stereocenters. The Labute approximate surface area is 214 Å². The second-order valence-corrected chi connectivity index (χ2v) is 7.99. The summed E-state index contributed by atoms with van der Waals surface area (Å²) in [5, 5.41) is 10.5. The number of fused-ring (bicyclic) bond motifs is 1. The van der Waals surface area contributed by atoms with Crippen molar-refractivity contribution in [2.75, 3.05) is 31.1 Å². The Morgan fingerprint density at radius 3 is 2.49 bits per heavy atom. The zero-order valence-corrected chi connectivity index (χ0v) is 20.3. The number of halogens is 4. The Morgan fingerprint density at radius 2 is 1.89 bits per heavy atom. The molecule has 14 heteroatoms. The fraction of sp³-hybridized carbons (Fsp3) is 0.348. The van der Waals surface area contributed by atoms with Crippen LogP contribution in [-0.4, -0.2) is 62.5 Å². The van der Waals surface area contributed by atoms with Gasteiger partial charge < -0.3 is 15.3 Å². The number of carboxylic acid groups (broad SMARTS) is 1. The molecule has 0 radical (unpaired) electrons. The van der Waals surface area contributed by atoms with E-state index >= 15 is 0 Å². The van der Waals surface area contributed by atoms with Gasteiger partial charge in [-0.25, -0.2) is 14.4 Å². The van der Waals surface area contributed by atoms with Crippen LogP contribution < -0.4 is 15.9 Å². The maximum Gasteiger partial charge on any atom is 0.490 e. The standard InChI is InChI=1S/C21H20ClN7O.C2HF3O2/c1-3-4-11-28-17-18(27-12-9-24-10-13-27)25-20(22)26-19(17)29(21(28)30)14-15-7-5-6-8-16(15)23-2;3-2(4,5)1(6)7/h5-8,24H,9-14H2,1H3;(H,6,7). The third kappa shape index (κ3) is 6.39. The molecule has 0 spiro atoms. The van der Waals surface area contributed by atoms with Crippen molar-refractivity contribution >= 4 is 40.2 Å². The summed E-state index contributed by atoms with van der Waals surface area (Å²) < 4.78 is 34.9. The summed E-state index contributed by atoms with van der Waals surface area (Å²) in [6.45, 7) is 12.7. The van der Waals surface area contributed by atoms with E-state index in [-0.39, 0.29) is 24.1 Å². The van der Waals surface area contributed by atoms with Crippen LogP contribution in [0.25, 0.3) is 16.0 Å². The molecule has 0 aliphatic carbocycles. The second-order valence-electron chi connectivity index (χ2n) is 7.65. The van der Waals surface area contributed by atoms with Crippen molar-refractivity contribution in [1.82, 2.24) is 24.4 Å². The monoisotopic (exact) mass is 535 g/mol. The number of piperazine rings is 1. The van der Waals surface area contributed by atoms with Crippen molar-refractivity contribution in [2.45, 2.75) is 26.2 Å². The summed E-state index contributed by atoms with van der Waals surface area (Å²) in [6.07, 6.45) is -5.08. The van der Waals surface area contributed by atoms with E-state index in [0.717, 1.165) is 31.7 Å². The van der Waals surface area contributed by atoms with E-state index in [1.165, 1.54) is 0 Å². The summed E-state index contributed by atoms with van der Waals surface area (Å²) in [5.74, 6) is 3.70. The molecule has 2 aromatic heterocycles. The van der Waals surface area contributed by atoms with E-state index in [0.29, 0.717) is 22.7 Å². The number of hydrogen-bond acceptors (Lipinski definition) is 6. The maximum absolute atomic E-state index is 13.4.